The Hall–Kier alpha value is -2.80. The van der Waals surface area contributed by atoms with E-state index in [0.29, 0.717) is 10.8 Å². The van der Waals surface area contributed by atoms with Crippen LogP contribution >= 0.6 is 11.3 Å². The third kappa shape index (κ3) is 2.59. The molecule has 0 aliphatic carbocycles. The van der Waals surface area contributed by atoms with Crippen molar-refractivity contribution in [2.24, 2.45) is 0 Å². The number of anilines is 2. The zero-order chi connectivity index (χ0) is 15.0. The quantitative estimate of drug-likeness (QED) is 0.429. The van der Waals surface area contributed by atoms with Gasteiger partial charge in [0, 0.05) is 5.69 Å². The summed E-state index contributed by atoms with van der Waals surface area (Å²) in [5, 5.41) is 22.0. The summed E-state index contributed by atoms with van der Waals surface area (Å²) in [6.07, 6.45) is 0. The van der Waals surface area contributed by atoms with Crippen molar-refractivity contribution in [1.29, 1.82) is 0 Å². The number of carbonyl (C=O) groups is 1. The van der Waals surface area contributed by atoms with Gasteiger partial charge in [0.2, 0.25) is 0 Å². The molecule has 0 bridgehead atoms. The molecule has 21 heavy (non-hydrogen) atoms. The Bertz CT molecular complexity index is 845. The number of nitrogen functional groups attached to an aromatic ring is 1. The van der Waals surface area contributed by atoms with Crippen molar-refractivity contribution in [3.63, 3.8) is 0 Å². The summed E-state index contributed by atoms with van der Waals surface area (Å²) in [6.45, 7) is 0. The lowest BCUT2D eigenvalue weighted by Crippen LogP contribution is -2.11. The number of benzene rings is 2. The molecule has 3 rings (SSSR count). The third-order valence-corrected chi connectivity index (χ3v) is 3.79. The highest BCUT2D eigenvalue weighted by molar-refractivity contribution is 7.22. The minimum Gasteiger partial charge on any atom is -0.508 e. The number of thiazole rings is 1. The highest BCUT2D eigenvalue weighted by Gasteiger charge is 2.14. The fourth-order valence-electron chi connectivity index (χ4n) is 1.87. The zero-order valence-corrected chi connectivity index (χ0v) is 11.5. The molecule has 0 aliphatic heterocycles. The predicted octanol–water partition coefficient (Wildman–Crippen LogP) is 2.54. The Morgan fingerprint density at radius 2 is 2.00 bits per heavy atom. The zero-order valence-electron chi connectivity index (χ0n) is 10.7. The number of nitrogens with one attached hydrogen (secondary N) is 1. The Balaban J connectivity index is 1.90. The Morgan fingerprint density at radius 1 is 1.19 bits per heavy atom. The molecular weight excluding hydrogens is 290 g/mol. The van der Waals surface area contributed by atoms with Gasteiger partial charge in [-0.3, -0.25) is 10.1 Å². The molecule has 0 saturated heterocycles. The number of aromatic nitrogens is 1. The summed E-state index contributed by atoms with van der Waals surface area (Å²) in [7, 11) is 0. The predicted molar refractivity (Wildman–Crippen MR) is 81.8 cm³/mol. The van der Waals surface area contributed by atoms with Crippen molar-refractivity contribution in [3.05, 3.63) is 42.0 Å². The molecule has 0 atom stereocenters. The highest BCUT2D eigenvalue weighted by Crippen LogP contribution is 2.29. The van der Waals surface area contributed by atoms with E-state index in [1.807, 2.05) is 0 Å². The number of hydrogen-bond acceptors (Lipinski definition) is 6. The van der Waals surface area contributed by atoms with E-state index in [9.17, 15) is 15.0 Å². The Kier molecular flexibility index (Phi) is 3.11. The van der Waals surface area contributed by atoms with Crippen LogP contribution in [0.15, 0.2) is 36.4 Å². The average molecular weight is 301 g/mol. The molecule has 6 nitrogen and oxygen atoms in total. The molecule has 0 unspecified atom stereocenters. The number of aromatic hydroxyl groups is 2. The number of nitrogens with two attached hydrogens (primary N) is 1. The van der Waals surface area contributed by atoms with Gasteiger partial charge in [-0.05, 0) is 36.4 Å². The number of amides is 1. The van der Waals surface area contributed by atoms with Gasteiger partial charge < -0.3 is 15.9 Å². The summed E-state index contributed by atoms with van der Waals surface area (Å²) >= 11 is 1.28. The van der Waals surface area contributed by atoms with Gasteiger partial charge in [0.25, 0.3) is 5.91 Å². The number of phenols is 2. The Morgan fingerprint density at radius 3 is 2.81 bits per heavy atom. The van der Waals surface area contributed by atoms with E-state index < -0.39 is 5.91 Å². The van der Waals surface area contributed by atoms with Crippen molar-refractivity contribution in [3.8, 4) is 11.5 Å². The van der Waals surface area contributed by atoms with Crippen LogP contribution in [0.2, 0.25) is 0 Å². The largest absolute Gasteiger partial charge is 0.508 e. The van der Waals surface area contributed by atoms with Crippen LogP contribution < -0.4 is 11.1 Å². The van der Waals surface area contributed by atoms with Crippen LogP contribution in [0.25, 0.3) is 10.2 Å². The lowest BCUT2D eigenvalue weighted by atomic mass is 10.2. The minimum absolute atomic E-state index is 0.0197. The molecule has 5 N–H and O–H groups in total. The van der Waals surface area contributed by atoms with Gasteiger partial charge in [0.15, 0.2) is 5.13 Å². The smallest absolute Gasteiger partial charge is 0.261 e. The van der Waals surface area contributed by atoms with Crippen molar-refractivity contribution >= 4 is 38.3 Å². The van der Waals surface area contributed by atoms with E-state index in [1.165, 1.54) is 29.5 Å². The van der Waals surface area contributed by atoms with Crippen molar-refractivity contribution < 1.29 is 15.0 Å². The van der Waals surface area contributed by atoms with E-state index in [1.54, 1.807) is 18.2 Å². The van der Waals surface area contributed by atoms with Crippen LogP contribution in [0.1, 0.15) is 10.4 Å². The van der Waals surface area contributed by atoms with Crippen LogP contribution in [0.5, 0.6) is 11.5 Å². The maximum atomic E-state index is 12.1. The third-order valence-electron chi connectivity index (χ3n) is 2.86. The molecule has 1 aromatic heterocycles. The molecule has 0 radical (unpaired) electrons. The van der Waals surface area contributed by atoms with E-state index in [4.69, 9.17) is 5.73 Å². The van der Waals surface area contributed by atoms with Gasteiger partial charge in [0.05, 0.1) is 15.8 Å². The molecule has 0 saturated carbocycles. The number of hydrogen-bond donors (Lipinski definition) is 4. The summed E-state index contributed by atoms with van der Waals surface area (Å²) in [6, 6.07) is 9.01. The first-order chi connectivity index (χ1) is 10.0. The second-order valence-corrected chi connectivity index (χ2v) is 5.43. The first-order valence-corrected chi connectivity index (χ1v) is 6.84. The van der Waals surface area contributed by atoms with Crippen LogP contribution in [-0.2, 0) is 0 Å². The normalized spacial score (nSPS) is 10.7. The van der Waals surface area contributed by atoms with E-state index >= 15 is 0 Å². The molecule has 0 spiro atoms. The van der Waals surface area contributed by atoms with Gasteiger partial charge in [0.1, 0.15) is 11.5 Å². The van der Waals surface area contributed by atoms with Gasteiger partial charge in [-0.1, -0.05) is 11.3 Å². The number of carbonyl (C=O) groups excluding carboxylic acids is 1. The molecule has 1 heterocycles. The standard InChI is InChI=1S/C14H11N3O3S/c15-7-1-3-10-12(5-7)21-14(16-10)17-13(20)9-6-8(18)2-4-11(9)19/h1-6,18-19H,15H2,(H,16,17,20). The molecular formula is C14H11N3O3S. The topological polar surface area (TPSA) is 108 Å². The van der Waals surface area contributed by atoms with E-state index in [-0.39, 0.29) is 17.1 Å². The van der Waals surface area contributed by atoms with Crippen molar-refractivity contribution in [2.75, 3.05) is 11.1 Å². The molecule has 3 aromatic rings. The maximum absolute atomic E-state index is 12.1. The summed E-state index contributed by atoms with van der Waals surface area (Å²) in [4.78, 5) is 16.3. The number of rotatable bonds is 2. The van der Waals surface area contributed by atoms with Gasteiger partial charge >= 0.3 is 0 Å². The monoisotopic (exact) mass is 301 g/mol. The molecule has 7 heteroatoms. The summed E-state index contributed by atoms with van der Waals surface area (Å²) in [5.74, 6) is -0.860. The maximum Gasteiger partial charge on any atom is 0.261 e. The number of phenolic OH excluding ortho intramolecular Hbond substituents is 2. The number of nitrogens with zero attached hydrogens (tertiary/aromatic N) is 1. The lowest BCUT2D eigenvalue weighted by molar-refractivity contribution is 0.102. The van der Waals surface area contributed by atoms with Crippen molar-refractivity contribution in [1.82, 2.24) is 4.98 Å². The van der Waals surface area contributed by atoms with Gasteiger partial charge in [-0.2, -0.15) is 0 Å². The van der Waals surface area contributed by atoms with Crippen LogP contribution in [0, 0.1) is 0 Å². The first kappa shape index (κ1) is 13.2. The molecule has 0 aliphatic rings. The second-order valence-electron chi connectivity index (χ2n) is 4.40. The molecule has 0 fully saturated rings. The fraction of sp³-hybridized carbons (Fsp3) is 0. The molecule has 106 valence electrons. The summed E-state index contributed by atoms with van der Waals surface area (Å²) in [5.41, 5.74) is 7.02. The van der Waals surface area contributed by atoms with Crippen molar-refractivity contribution in [2.45, 2.75) is 0 Å². The minimum atomic E-state index is -0.546. The first-order valence-electron chi connectivity index (χ1n) is 6.02. The highest BCUT2D eigenvalue weighted by atomic mass is 32.1. The Labute approximate surface area is 123 Å². The van der Waals surface area contributed by atoms with Crippen LogP contribution in [-0.4, -0.2) is 21.1 Å². The molecule has 2 aromatic carbocycles. The van der Waals surface area contributed by atoms with E-state index in [2.05, 4.69) is 10.3 Å². The SMILES string of the molecule is Nc1ccc2nc(NC(=O)c3cc(O)ccc3O)sc2c1. The number of fused-ring (bicyclic) bond motifs is 1. The summed E-state index contributed by atoms with van der Waals surface area (Å²) < 4.78 is 0.852. The van der Waals surface area contributed by atoms with Crippen LogP contribution in [0.4, 0.5) is 10.8 Å². The second kappa shape index (κ2) is 4.95. The van der Waals surface area contributed by atoms with Gasteiger partial charge in [-0.15, -0.1) is 0 Å². The lowest BCUT2D eigenvalue weighted by Gasteiger charge is -2.04. The van der Waals surface area contributed by atoms with Gasteiger partial charge in [-0.25, -0.2) is 4.98 Å². The van der Waals surface area contributed by atoms with Crippen LogP contribution in [0.3, 0.4) is 0 Å². The average Bonchev–Trinajstić information content (AvgIpc) is 2.82. The molecule has 1 amide bonds. The van der Waals surface area contributed by atoms with E-state index in [0.717, 1.165) is 10.2 Å². The fourth-order valence-corrected chi connectivity index (χ4v) is 2.77.